The molecule has 1 saturated heterocycles. The summed E-state index contributed by atoms with van der Waals surface area (Å²) >= 11 is 0. The van der Waals surface area contributed by atoms with Crippen LogP contribution in [0.15, 0.2) is 77.7 Å². The molecule has 6 rings (SSSR count). The van der Waals surface area contributed by atoms with Crippen molar-refractivity contribution in [2.45, 2.75) is 43.0 Å². The van der Waals surface area contributed by atoms with Gasteiger partial charge in [-0.25, -0.2) is 13.2 Å². The fourth-order valence-electron chi connectivity index (χ4n) is 5.59. The van der Waals surface area contributed by atoms with Crippen molar-refractivity contribution in [1.29, 1.82) is 0 Å². The van der Waals surface area contributed by atoms with Gasteiger partial charge in [-0.2, -0.15) is 0 Å². The van der Waals surface area contributed by atoms with E-state index in [9.17, 15) is 13.2 Å². The van der Waals surface area contributed by atoms with Crippen LogP contribution in [0.1, 0.15) is 35.1 Å². The highest BCUT2D eigenvalue weighted by Crippen LogP contribution is 2.49. The van der Waals surface area contributed by atoms with Crippen molar-refractivity contribution in [3.05, 3.63) is 95.1 Å². The van der Waals surface area contributed by atoms with Gasteiger partial charge in [-0.05, 0) is 53.3 Å². The van der Waals surface area contributed by atoms with E-state index in [1.54, 1.807) is 21.3 Å². The summed E-state index contributed by atoms with van der Waals surface area (Å²) in [7, 11) is -3.75. The zero-order valence-corrected chi connectivity index (χ0v) is 20.7. The summed E-state index contributed by atoms with van der Waals surface area (Å²) in [6.45, 7) is 2.61. The van der Waals surface area contributed by atoms with Crippen LogP contribution < -0.4 is 4.31 Å². The number of para-hydroxylation sites is 1. The van der Waals surface area contributed by atoms with E-state index in [0.29, 0.717) is 50.6 Å². The number of piperidine rings is 1. The third-order valence-electron chi connectivity index (χ3n) is 7.66. The number of carbonyl (C=O) groups excluding carboxylic acids is 1. The molecule has 0 N–H and O–H groups in total. The first-order chi connectivity index (χ1) is 17.5. The minimum absolute atomic E-state index is 0.238. The monoisotopic (exact) mass is 504 g/mol. The number of benzene rings is 3. The molecule has 186 valence electrons. The summed E-state index contributed by atoms with van der Waals surface area (Å²) in [6, 6.07) is 22.7. The maximum absolute atomic E-state index is 13.8. The summed E-state index contributed by atoms with van der Waals surface area (Å²) < 4.78 is 40.2. The first-order valence-corrected chi connectivity index (χ1v) is 13.7. The lowest BCUT2D eigenvalue weighted by molar-refractivity contribution is 0.0791. The Bertz CT molecular complexity index is 1400. The van der Waals surface area contributed by atoms with E-state index < -0.39 is 10.0 Å². The second-order valence-corrected chi connectivity index (χ2v) is 11.6. The van der Waals surface area contributed by atoms with Gasteiger partial charge in [-0.15, -0.1) is 0 Å². The third kappa shape index (κ3) is 3.94. The summed E-state index contributed by atoms with van der Waals surface area (Å²) in [5.74, 6) is 0. The maximum atomic E-state index is 13.8. The average molecular weight is 505 g/mol. The Hall–Kier alpha value is -3.36. The molecule has 36 heavy (non-hydrogen) atoms. The molecule has 3 aromatic carbocycles. The van der Waals surface area contributed by atoms with E-state index in [1.807, 2.05) is 60.7 Å². The van der Waals surface area contributed by atoms with Crippen molar-refractivity contribution < 1.29 is 22.7 Å². The molecule has 3 heterocycles. The average Bonchev–Trinajstić information content (AvgIpc) is 3.51. The predicted octanol–water partition coefficient (Wildman–Crippen LogP) is 4.60. The number of anilines is 1. The van der Waals surface area contributed by atoms with E-state index in [2.05, 4.69) is 0 Å². The van der Waals surface area contributed by atoms with Crippen molar-refractivity contribution in [2.24, 2.45) is 0 Å². The topological polar surface area (TPSA) is 76.2 Å². The summed E-state index contributed by atoms with van der Waals surface area (Å²) in [4.78, 5) is 14.7. The Kier molecular flexibility index (Phi) is 5.73. The minimum atomic E-state index is -3.75. The van der Waals surface area contributed by atoms with Gasteiger partial charge in [0, 0.05) is 25.0 Å². The van der Waals surface area contributed by atoms with Gasteiger partial charge >= 0.3 is 6.09 Å². The minimum Gasteiger partial charge on any atom is -0.445 e. The van der Waals surface area contributed by atoms with Gasteiger partial charge in [-0.1, -0.05) is 54.6 Å². The number of likely N-dealkylation sites (tertiary alicyclic amines) is 1. The highest BCUT2D eigenvalue weighted by atomic mass is 32.2. The lowest BCUT2D eigenvalue weighted by Gasteiger charge is -2.39. The Morgan fingerprint density at radius 2 is 1.64 bits per heavy atom. The SMILES string of the molecule is O=C(OCc1ccccc1)N1CCC2(CC1)CN(S(=O)(=O)c1ccc3c(c1)COC3)c1ccccc12. The molecule has 0 saturated carbocycles. The molecule has 7 nitrogen and oxygen atoms in total. The molecule has 3 aromatic rings. The fourth-order valence-corrected chi connectivity index (χ4v) is 7.21. The van der Waals surface area contributed by atoms with Crippen LogP contribution >= 0.6 is 0 Å². The first-order valence-electron chi connectivity index (χ1n) is 12.2. The van der Waals surface area contributed by atoms with Gasteiger partial charge in [0.2, 0.25) is 0 Å². The first kappa shape index (κ1) is 23.1. The quantitative estimate of drug-likeness (QED) is 0.519. The van der Waals surface area contributed by atoms with Gasteiger partial charge in [0.25, 0.3) is 10.0 Å². The highest BCUT2D eigenvalue weighted by Gasteiger charge is 2.48. The Morgan fingerprint density at radius 1 is 0.917 bits per heavy atom. The van der Waals surface area contributed by atoms with E-state index >= 15 is 0 Å². The molecule has 8 heteroatoms. The molecule has 0 aliphatic carbocycles. The van der Waals surface area contributed by atoms with Crippen molar-refractivity contribution >= 4 is 21.8 Å². The molecule has 0 radical (unpaired) electrons. The smallest absolute Gasteiger partial charge is 0.410 e. The van der Waals surface area contributed by atoms with E-state index in [-0.39, 0.29) is 18.1 Å². The van der Waals surface area contributed by atoms with E-state index in [4.69, 9.17) is 9.47 Å². The van der Waals surface area contributed by atoms with Gasteiger partial charge in [0.15, 0.2) is 0 Å². The molecule has 0 unspecified atom stereocenters. The number of rotatable bonds is 4. The number of sulfonamides is 1. The number of ether oxygens (including phenoxy) is 2. The summed E-state index contributed by atoms with van der Waals surface area (Å²) in [5, 5.41) is 0. The number of hydrogen-bond donors (Lipinski definition) is 0. The van der Waals surface area contributed by atoms with E-state index in [0.717, 1.165) is 27.9 Å². The Balaban J connectivity index is 1.20. The molecule has 0 atom stereocenters. The molecule has 1 fully saturated rings. The van der Waals surface area contributed by atoms with Crippen LogP contribution in [-0.4, -0.2) is 39.0 Å². The molecular weight excluding hydrogens is 476 g/mol. The summed E-state index contributed by atoms with van der Waals surface area (Å²) in [5.41, 5.74) is 4.35. The Labute approximate surface area is 211 Å². The van der Waals surface area contributed by atoms with Crippen LogP contribution in [0.2, 0.25) is 0 Å². The van der Waals surface area contributed by atoms with Crippen molar-refractivity contribution in [3.63, 3.8) is 0 Å². The molecule has 3 aliphatic rings. The van der Waals surface area contributed by atoms with Crippen LogP contribution in [0.25, 0.3) is 0 Å². The van der Waals surface area contributed by atoms with Crippen molar-refractivity contribution in [1.82, 2.24) is 4.90 Å². The van der Waals surface area contributed by atoms with Crippen LogP contribution in [-0.2, 0) is 44.7 Å². The third-order valence-corrected chi connectivity index (χ3v) is 9.41. The van der Waals surface area contributed by atoms with Gasteiger partial charge in [0.05, 0.1) is 23.8 Å². The number of amides is 1. The number of fused-ring (bicyclic) bond motifs is 3. The number of hydrogen-bond acceptors (Lipinski definition) is 5. The van der Waals surface area contributed by atoms with Crippen molar-refractivity contribution in [3.8, 4) is 0 Å². The summed E-state index contributed by atoms with van der Waals surface area (Å²) in [6.07, 6.45) is 1.02. The van der Waals surface area contributed by atoms with Gasteiger partial charge in [-0.3, -0.25) is 4.31 Å². The lowest BCUT2D eigenvalue weighted by Crippen LogP contribution is -2.47. The van der Waals surface area contributed by atoms with Gasteiger partial charge in [0.1, 0.15) is 6.61 Å². The molecular formula is C28H28N2O5S. The largest absolute Gasteiger partial charge is 0.445 e. The molecule has 0 aromatic heterocycles. The van der Waals surface area contributed by atoms with Crippen LogP contribution in [0.3, 0.4) is 0 Å². The zero-order chi connectivity index (χ0) is 24.8. The molecule has 3 aliphatic heterocycles. The highest BCUT2D eigenvalue weighted by molar-refractivity contribution is 7.92. The van der Waals surface area contributed by atoms with Gasteiger partial charge < -0.3 is 14.4 Å². The predicted molar refractivity (Wildman–Crippen MR) is 135 cm³/mol. The maximum Gasteiger partial charge on any atom is 0.410 e. The Morgan fingerprint density at radius 3 is 2.44 bits per heavy atom. The molecule has 0 bridgehead atoms. The van der Waals surface area contributed by atoms with E-state index in [1.165, 1.54) is 0 Å². The standard InChI is InChI=1S/C28H28N2O5S/c31-27(35-17-21-6-2-1-3-7-21)29-14-12-28(13-15-29)20-30(26-9-5-4-8-25(26)28)36(32,33)24-11-10-22-18-34-19-23(22)16-24/h1-11,16H,12-15,17-20H2. The lowest BCUT2D eigenvalue weighted by atomic mass is 9.74. The van der Waals surface area contributed by atoms with Crippen LogP contribution in [0.4, 0.5) is 10.5 Å². The second-order valence-electron chi connectivity index (χ2n) is 9.76. The second kappa shape index (κ2) is 8.94. The number of nitrogens with zero attached hydrogens (tertiary/aromatic N) is 2. The zero-order valence-electron chi connectivity index (χ0n) is 19.9. The molecule has 1 amide bonds. The number of carbonyl (C=O) groups is 1. The van der Waals surface area contributed by atoms with Crippen molar-refractivity contribution in [2.75, 3.05) is 23.9 Å². The van der Waals surface area contributed by atoms with Crippen LogP contribution in [0, 0.1) is 0 Å². The normalized spacial score (nSPS) is 18.2. The molecule has 1 spiro atoms. The van der Waals surface area contributed by atoms with Crippen LogP contribution in [0.5, 0.6) is 0 Å². The fraction of sp³-hybridized carbons (Fsp3) is 0.321.